The van der Waals surface area contributed by atoms with Crippen molar-refractivity contribution in [3.8, 4) is 5.88 Å². The molecule has 6 nitrogen and oxygen atoms in total. The zero-order valence-corrected chi connectivity index (χ0v) is 12.7. The molecule has 2 rings (SSSR count). The van der Waals surface area contributed by atoms with E-state index in [1.165, 1.54) is 18.2 Å². The van der Waals surface area contributed by atoms with E-state index in [0.717, 1.165) is 6.42 Å². The van der Waals surface area contributed by atoms with Gasteiger partial charge < -0.3 is 10.5 Å². The first-order valence-corrected chi connectivity index (χ1v) is 8.03. The van der Waals surface area contributed by atoms with Crippen molar-refractivity contribution in [3.05, 3.63) is 36.4 Å². The predicted molar refractivity (Wildman–Crippen MR) is 78.7 cm³/mol. The summed E-state index contributed by atoms with van der Waals surface area (Å²) in [5.74, 6) is 0.212. The highest BCUT2D eigenvalue weighted by molar-refractivity contribution is 7.91. The number of anilines is 1. The molecule has 0 aliphatic rings. The second-order valence-electron chi connectivity index (χ2n) is 4.57. The molecule has 0 aliphatic heterocycles. The van der Waals surface area contributed by atoms with Crippen LogP contribution in [-0.4, -0.2) is 24.5 Å². The van der Waals surface area contributed by atoms with Crippen LogP contribution in [0.5, 0.6) is 5.88 Å². The molecular weight excluding hydrogens is 290 g/mol. The Morgan fingerprint density at radius 2 is 1.90 bits per heavy atom. The van der Waals surface area contributed by atoms with Gasteiger partial charge in [0.05, 0.1) is 11.0 Å². The highest BCUT2D eigenvalue weighted by Crippen LogP contribution is 2.21. The lowest BCUT2D eigenvalue weighted by molar-refractivity contribution is 0.206. The van der Waals surface area contributed by atoms with Crippen LogP contribution < -0.4 is 10.5 Å². The summed E-state index contributed by atoms with van der Waals surface area (Å²) in [5.41, 5.74) is 5.66. The second-order valence-corrected chi connectivity index (χ2v) is 6.41. The maximum atomic E-state index is 12.5. The molecule has 0 fully saturated rings. The third-order valence-corrected chi connectivity index (χ3v) is 4.45. The fourth-order valence-corrected chi connectivity index (χ4v) is 2.76. The lowest BCUT2D eigenvalue weighted by Gasteiger charge is -2.12. The molecule has 21 heavy (non-hydrogen) atoms. The minimum Gasteiger partial charge on any atom is -0.475 e. The number of rotatable bonds is 5. The van der Waals surface area contributed by atoms with Crippen LogP contribution in [0.2, 0.25) is 0 Å². The Morgan fingerprint density at radius 3 is 2.52 bits per heavy atom. The Hall–Kier alpha value is -2.15. The Balaban J connectivity index is 2.44. The normalized spacial score (nSPS) is 12.9. The fourth-order valence-electron chi connectivity index (χ4n) is 1.60. The minimum absolute atomic E-state index is 0.0535. The molecule has 2 N–H and O–H groups in total. The van der Waals surface area contributed by atoms with E-state index < -0.39 is 9.84 Å². The number of ether oxygens (including phenoxy) is 1. The summed E-state index contributed by atoms with van der Waals surface area (Å²) < 4.78 is 30.4. The van der Waals surface area contributed by atoms with Crippen LogP contribution in [0.3, 0.4) is 0 Å². The van der Waals surface area contributed by atoms with E-state index >= 15 is 0 Å². The van der Waals surface area contributed by atoms with Crippen molar-refractivity contribution in [1.29, 1.82) is 0 Å². The molecular formula is C14H17N3O3S. The Kier molecular flexibility index (Phi) is 4.42. The minimum atomic E-state index is -3.81. The molecule has 0 aliphatic carbocycles. The summed E-state index contributed by atoms with van der Waals surface area (Å²) in [6.45, 7) is 3.82. The van der Waals surface area contributed by atoms with Crippen molar-refractivity contribution in [2.75, 3.05) is 5.73 Å². The lowest BCUT2D eigenvalue weighted by atomic mass is 10.3. The van der Waals surface area contributed by atoms with E-state index in [4.69, 9.17) is 10.5 Å². The lowest BCUT2D eigenvalue weighted by Crippen LogP contribution is -2.14. The Labute approximate surface area is 123 Å². The molecule has 1 aromatic heterocycles. The third-order valence-electron chi connectivity index (χ3n) is 2.89. The van der Waals surface area contributed by atoms with Crippen LogP contribution in [-0.2, 0) is 9.84 Å². The summed E-state index contributed by atoms with van der Waals surface area (Å²) in [5, 5.41) is -0.355. The van der Waals surface area contributed by atoms with Gasteiger partial charge in [0.2, 0.25) is 15.7 Å². The molecule has 0 radical (unpaired) electrons. The molecule has 1 atom stereocenters. The molecule has 7 heteroatoms. The molecule has 112 valence electrons. The van der Waals surface area contributed by atoms with Crippen LogP contribution in [0.1, 0.15) is 20.3 Å². The predicted octanol–water partition coefficient (Wildman–Crippen LogP) is 2.07. The van der Waals surface area contributed by atoms with E-state index in [2.05, 4.69) is 9.97 Å². The zero-order valence-electron chi connectivity index (χ0n) is 11.9. The van der Waals surface area contributed by atoms with Gasteiger partial charge in [-0.15, -0.1) is 0 Å². The zero-order chi connectivity index (χ0) is 15.5. The van der Waals surface area contributed by atoms with Crippen molar-refractivity contribution in [3.63, 3.8) is 0 Å². The first-order valence-electron chi connectivity index (χ1n) is 6.55. The van der Waals surface area contributed by atoms with E-state index in [-0.39, 0.29) is 27.9 Å². The summed E-state index contributed by atoms with van der Waals surface area (Å²) in [4.78, 5) is 7.90. The van der Waals surface area contributed by atoms with Gasteiger partial charge in [-0.05, 0) is 25.5 Å². The first kappa shape index (κ1) is 15.2. The quantitative estimate of drug-likeness (QED) is 0.850. The van der Waals surface area contributed by atoms with Crippen molar-refractivity contribution in [2.24, 2.45) is 0 Å². The number of nitrogen functional groups attached to an aromatic ring is 1. The summed E-state index contributed by atoms with van der Waals surface area (Å²) in [6, 6.07) is 9.38. The number of nitrogens with two attached hydrogens (primary N) is 1. The molecule has 1 unspecified atom stereocenters. The summed E-state index contributed by atoms with van der Waals surface area (Å²) in [7, 11) is -3.81. The maximum Gasteiger partial charge on any atom is 0.257 e. The van der Waals surface area contributed by atoms with Gasteiger partial charge in [0, 0.05) is 6.07 Å². The average molecular weight is 307 g/mol. The molecule has 0 saturated heterocycles. The van der Waals surface area contributed by atoms with Gasteiger partial charge in [0.15, 0.2) is 0 Å². The maximum absolute atomic E-state index is 12.5. The van der Waals surface area contributed by atoms with Gasteiger partial charge in [-0.1, -0.05) is 25.1 Å². The van der Waals surface area contributed by atoms with E-state index in [1.807, 2.05) is 13.8 Å². The van der Waals surface area contributed by atoms with Crippen molar-refractivity contribution in [1.82, 2.24) is 9.97 Å². The molecule has 1 aromatic carbocycles. The van der Waals surface area contributed by atoms with Gasteiger partial charge in [-0.2, -0.15) is 4.98 Å². The highest BCUT2D eigenvalue weighted by Gasteiger charge is 2.22. The van der Waals surface area contributed by atoms with Crippen LogP contribution in [0, 0.1) is 0 Å². The number of sulfone groups is 1. The largest absolute Gasteiger partial charge is 0.475 e. The standard InChI is InChI=1S/C14H17N3O3S/c1-3-10(2)20-13-9-12(15)16-14(17-13)21(18,19)11-7-5-4-6-8-11/h4-10H,3H2,1-2H3,(H2,15,16,17). The average Bonchev–Trinajstić information content (AvgIpc) is 2.47. The molecule has 2 aromatic rings. The van der Waals surface area contributed by atoms with E-state index in [1.54, 1.807) is 18.2 Å². The number of aromatic nitrogens is 2. The van der Waals surface area contributed by atoms with Crippen LogP contribution >= 0.6 is 0 Å². The van der Waals surface area contributed by atoms with Crippen LogP contribution in [0.4, 0.5) is 5.82 Å². The topological polar surface area (TPSA) is 95.2 Å². The Morgan fingerprint density at radius 1 is 1.24 bits per heavy atom. The highest BCUT2D eigenvalue weighted by atomic mass is 32.2. The van der Waals surface area contributed by atoms with E-state index in [9.17, 15) is 8.42 Å². The van der Waals surface area contributed by atoms with Gasteiger partial charge >= 0.3 is 0 Å². The summed E-state index contributed by atoms with van der Waals surface area (Å²) in [6.07, 6.45) is 0.677. The molecule has 1 heterocycles. The van der Waals surface area contributed by atoms with Gasteiger partial charge in [0.1, 0.15) is 5.82 Å². The first-order chi connectivity index (χ1) is 9.93. The number of hydrogen-bond donors (Lipinski definition) is 1. The van der Waals surface area contributed by atoms with Crippen LogP contribution in [0.25, 0.3) is 0 Å². The fraction of sp³-hybridized carbons (Fsp3) is 0.286. The van der Waals surface area contributed by atoms with Crippen molar-refractivity contribution >= 4 is 15.7 Å². The van der Waals surface area contributed by atoms with Crippen molar-refractivity contribution < 1.29 is 13.2 Å². The van der Waals surface area contributed by atoms with Crippen molar-refractivity contribution in [2.45, 2.75) is 36.4 Å². The molecule has 0 amide bonds. The summed E-state index contributed by atoms with van der Waals surface area (Å²) >= 11 is 0. The van der Waals surface area contributed by atoms with Gasteiger partial charge in [0.25, 0.3) is 5.16 Å². The van der Waals surface area contributed by atoms with E-state index in [0.29, 0.717) is 0 Å². The number of hydrogen-bond acceptors (Lipinski definition) is 6. The second kappa shape index (κ2) is 6.09. The SMILES string of the molecule is CCC(C)Oc1cc(N)nc(S(=O)(=O)c2ccccc2)n1. The van der Waals surface area contributed by atoms with Crippen LogP contribution in [0.15, 0.2) is 46.5 Å². The number of benzene rings is 1. The van der Waals surface area contributed by atoms with Gasteiger partial charge in [-0.3, -0.25) is 0 Å². The smallest absolute Gasteiger partial charge is 0.257 e. The van der Waals surface area contributed by atoms with Gasteiger partial charge in [-0.25, -0.2) is 13.4 Å². The third kappa shape index (κ3) is 3.49. The molecule has 0 saturated carbocycles. The monoisotopic (exact) mass is 307 g/mol. The molecule has 0 spiro atoms. The molecule has 0 bridgehead atoms. The number of nitrogens with zero attached hydrogens (tertiary/aromatic N) is 2. The Bertz CT molecular complexity index is 717.